The van der Waals surface area contributed by atoms with Crippen LogP contribution in [0, 0.1) is 0 Å². The van der Waals surface area contributed by atoms with Gasteiger partial charge in [-0.25, -0.2) is 33.5 Å². The van der Waals surface area contributed by atoms with Gasteiger partial charge in [0.25, 0.3) is 23.5 Å². The zero-order valence-corrected chi connectivity index (χ0v) is 29.9. The van der Waals surface area contributed by atoms with E-state index < -0.39 is 87.9 Å². The monoisotopic (exact) mass is 772 g/mol. The van der Waals surface area contributed by atoms with Crippen LogP contribution in [0.1, 0.15) is 39.5 Å². The molecule has 2 atom stereocenters. The molecule has 3 saturated heterocycles. The molecule has 19 nitrogen and oxygen atoms in total. The molecule has 5 aliphatic rings. The van der Waals surface area contributed by atoms with E-state index in [1.54, 1.807) is 6.92 Å². The number of aliphatic hydroxyl groups is 2. The molecule has 0 saturated carbocycles. The summed E-state index contributed by atoms with van der Waals surface area (Å²) < 4.78 is 57.7. The number of carbonyl (C=O) groups is 6. The molecule has 55 heavy (non-hydrogen) atoms. The molecule has 0 aliphatic carbocycles. The number of cyclic esters (lactones) is 4. The van der Waals surface area contributed by atoms with Gasteiger partial charge in [0, 0.05) is 27.6 Å². The zero-order chi connectivity index (χ0) is 40.0. The van der Waals surface area contributed by atoms with Crippen molar-refractivity contribution < 1.29 is 91.1 Å². The minimum absolute atomic E-state index is 0.0947. The van der Waals surface area contributed by atoms with Gasteiger partial charge in [-0.15, -0.1) is 0 Å². The number of carbonyl (C=O) groups excluding carboxylic acids is 6. The minimum Gasteiger partial charge on any atom is -0.480 e. The maximum Gasteiger partial charge on any atom is 0.382 e. The first-order valence-corrected chi connectivity index (χ1v) is 16.5. The third kappa shape index (κ3) is 8.80. The second kappa shape index (κ2) is 16.0. The van der Waals surface area contributed by atoms with Gasteiger partial charge >= 0.3 is 47.8 Å². The van der Waals surface area contributed by atoms with Crippen LogP contribution in [0.5, 0.6) is 0 Å². The summed E-state index contributed by atoms with van der Waals surface area (Å²) in [6.07, 6.45) is 12.2. The molecule has 0 amide bonds. The second-order valence-corrected chi connectivity index (χ2v) is 12.2. The smallest absolute Gasteiger partial charge is 0.382 e. The Labute approximate surface area is 312 Å². The first-order chi connectivity index (χ1) is 26.1. The Morgan fingerprint density at radius 2 is 1.02 bits per heavy atom. The standard InChI is InChI=1S/C36H36O19/c1-5-34(20-46-4)49-27(39)22(28(40)50-34)14-9-7-11-16-24-31(43)53-36(54-32(24)44)18-12-17-35(55-36)51-29(41)23(30(42)52-35)15-10-6-8-13-21-25(37)47-33(2,19-45-3)48-26(21)38/h6-11,13-16,41,43H,5,12,17-20H2,1-4H3. The highest BCUT2D eigenvalue weighted by Crippen LogP contribution is 2.45. The van der Waals surface area contributed by atoms with Crippen molar-refractivity contribution in [1.82, 2.24) is 0 Å². The van der Waals surface area contributed by atoms with Crippen LogP contribution in [0.2, 0.25) is 0 Å². The molecule has 5 rings (SSSR count). The number of hydrogen-bond donors (Lipinski definition) is 2. The van der Waals surface area contributed by atoms with Crippen LogP contribution < -0.4 is 0 Å². The van der Waals surface area contributed by atoms with Crippen LogP contribution in [0.4, 0.5) is 0 Å². The first-order valence-electron chi connectivity index (χ1n) is 16.5. The Morgan fingerprint density at radius 1 is 0.582 bits per heavy atom. The van der Waals surface area contributed by atoms with Crippen molar-refractivity contribution >= 4 is 35.8 Å². The molecule has 5 heterocycles. The third-order valence-corrected chi connectivity index (χ3v) is 8.04. The van der Waals surface area contributed by atoms with Gasteiger partial charge in [-0.05, 0) is 30.7 Å². The molecule has 0 aromatic heterocycles. The van der Waals surface area contributed by atoms with E-state index in [1.807, 2.05) is 0 Å². The summed E-state index contributed by atoms with van der Waals surface area (Å²) in [5.74, 6) is -15.5. The quantitative estimate of drug-likeness (QED) is 0.101. The topological polar surface area (TPSA) is 244 Å². The predicted octanol–water partition coefficient (Wildman–Crippen LogP) is 2.57. The molecule has 2 N–H and O–H groups in total. The summed E-state index contributed by atoms with van der Waals surface area (Å²) in [6.45, 7) is 2.71. The highest BCUT2D eigenvalue weighted by molar-refractivity contribution is 6.16. The van der Waals surface area contributed by atoms with E-state index >= 15 is 0 Å². The Hall–Kier alpha value is -6.18. The van der Waals surface area contributed by atoms with Crippen molar-refractivity contribution in [2.24, 2.45) is 0 Å². The van der Waals surface area contributed by atoms with Gasteiger partial charge < -0.3 is 57.6 Å². The minimum atomic E-state index is -2.32. The fraction of sp³-hybridized carbons (Fsp3) is 0.389. The van der Waals surface area contributed by atoms with Gasteiger partial charge in [-0.2, -0.15) is 0 Å². The van der Waals surface area contributed by atoms with Crippen LogP contribution in [-0.4, -0.2) is 97.0 Å². The highest BCUT2D eigenvalue weighted by atomic mass is 17.0. The van der Waals surface area contributed by atoms with Gasteiger partial charge in [0.2, 0.25) is 0 Å². The van der Waals surface area contributed by atoms with Crippen LogP contribution in [-0.2, 0) is 80.9 Å². The molecule has 19 heteroatoms. The molecule has 0 aromatic rings. The predicted molar refractivity (Wildman–Crippen MR) is 176 cm³/mol. The highest BCUT2D eigenvalue weighted by Gasteiger charge is 2.59. The maximum absolute atomic E-state index is 12.9. The average molecular weight is 773 g/mol. The lowest BCUT2D eigenvalue weighted by Gasteiger charge is -2.45. The third-order valence-electron chi connectivity index (χ3n) is 8.04. The Kier molecular flexibility index (Phi) is 11.7. The molecule has 3 fully saturated rings. The largest absolute Gasteiger partial charge is 0.480 e. The van der Waals surface area contributed by atoms with E-state index in [0.717, 1.165) is 24.3 Å². The van der Waals surface area contributed by atoms with Crippen molar-refractivity contribution in [2.75, 3.05) is 27.4 Å². The van der Waals surface area contributed by atoms with E-state index in [-0.39, 0.29) is 44.5 Å². The summed E-state index contributed by atoms with van der Waals surface area (Å²) in [5, 5.41) is 21.2. The van der Waals surface area contributed by atoms with E-state index in [4.69, 9.17) is 52.1 Å². The number of methoxy groups -OCH3 is 2. The van der Waals surface area contributed by atoms with E-state index in [1.165, 1.54) is 57.6 Å². The molecular weight excluding hydrogens is 736 g/mol. The molecule has 294 valence electrons. The molecule has 5 aliphatic heterocycles. The normalized spacial score (nSPS) is 30.1. The maximum atomic E-state index is 12.9. The number of esters is 6. The molecule has 0 bridgehead atoms. The van der Waals surface area contributed by atoms with Crippen LogP contribution in [0.3, 0.4) is 0 Å². The van der Waals surface area contributed by atoms with Crippen molar-refractivity contribution in [3.63, 3.8) is 0 Å². The van der Waals surface area contributed by atoms with Crippen LogP contribution in [0.15, 0.2) is 94.9 Å². The van der Waals surface area contributed by atoms with Crippen molar-refractivity contribution in [3.8, 4) is 0 Å². The van der Waals surface area contributed by atoms with Gasteiger partial charge in [0.1, 0.15) is 35.5 Å². The lowest BCUT2D eigenvalue weighted by molar-refractivity contribution is -0.500. The molecule has 2 spiro atoms. The summed E-state index contributed by atoms with van der Waals surface area (Å²) in [6, 6.07) is 0. The van der Waals surface area contributed by atoms with E-state index in [0.29, 0.717) is 0 Å². The van der Waals surface area contributed by atoms with Gasteiger partial charge in [0.05, 0.1) is 12.8 Å². The zero-order valence-electron chi connectivity index (χ0n) is 29.9. The van der Waals surface area contributed by atoms with Crippen molar-refractivity contribution in [3.05, 3.63) is 94.9 Å². The Balaban J connectivity index is 1.20. The molecule has 0 aromatic carbocycles. The van der Waals surface area contributed by atoms with Crippen molar-refractivity contribution in [1.29, 1.82) is 0 Å². The summed E-state index contributed by atoms with van der Waals surface area (Å²) in [4.78, 5) is 75.2. The van der Waals surface area contributed by atoms with Crippen molar-refractivity contribution in [2.45, 2.75) is 63.1 Å². The number of rotatable bonds is 11. The summed E-state index contributed by atoms with van der Waals surface area (Å²) in [7, 11) is 2.71. The number of aliphatic hydroxyl groups excluding tert-OH is 2. The van der Waals surface area contributed by atoms with Gasteiger partial charge in [0.15, 0.2) is 0 Å². The van der Waals surface area contributed by atoms with E-state index in [2.05, 4.69) is 0 Å². The van der Waals surface area contributed by atoms with Gasteiger partial charge in [-0.1, -0.05) is 43.4 Å². The van der Waals surface area contributed by atoms with Crippen LogP contribution >= 0.6 is 0 Å². The van der Waals surface area contributed by atoms with E-state index in [9.17, 15) is 39.0 Å². The fourth-order valence-electron chi connectivity index (χ4n) is 5.45. The molecule has 2 unspecified atom stereocenters. The lowest BCUT2D eigenvalue weighted by atomic mass is 10.1. The SMILES string of the molecule is CCC1(COC)OC(=O)C(=CC=CC=CC2=C(O)OC3(CCCC4(OC(=O)C(C=CC=CC=C5C(=O)OC(C)(COC)OC5=O)=C(O)O4)O3)OC2=O)C(=O)O1. The van der Waals surface area contributed by atoms with Gasteiger partial charge in [-0.3, -0.25) is 0 Å². The lowest BCUT2D eigenvalue weighted by Crippen LogP contribution is -2.58. The first kappa shape index (κ1) is 40.0. The number of hydrogen-bond acceptors (Lipinski definition) is 19. The summed E-state index contributed by atoms with van der Waals surface area (Å²) >= 11 is 0. The summed E-state index contributed by atoms with van der Waals surface area (Å²) in [5.41, 5.74) is -1.68. The Bertz CT molecular complexity index is 1850. The Morgan fingerprint density at radius 3 is 1.42 bits per heavy atom. The van der Waals surface area contributed by atoms with Crippen LogP contribution in [0.25, 0.3) is 0 Å². The molecule has 0 radical (unpaired) electrons. The molecular formula is C36H36O19. The fourth-order valence-corrected chi connectivity index (χ4v) is 5.45. The number of allylic oxidation sites excluding steroid dienone is 8. The average Bonchev–Trinajstić information content (AvgIpc) is 3.08. The number of ether oxygens (including phenoxy) is 11. The second-order valence-electron chi connectivity index (χ2n) is 12.2.